The Hall–Kier alpha value is -0.986. The first kappa shape index (κ1) is 22.0. The van der Waals surface area contributed by atoms with Gasteiger partial charge in [-0.25, -0.2) is 4.79 Å². The lowest BCUT2D eigenvalue weighted by Gasteiger charge is -2.44. The molecule has 0 aliphatic carbocycles. The lowest BCUT2D eigenvalue weighted by atomic mass is 10.2. The lowest BCUT2D eigenvalue weighted by Crippen LogP contribution is -2.60. The van der Waals surface area contributed by atoms with Crippen LogP contribution in [0, 0.1) is 0 Å². The molecule has 0 bridgehead atoms. The second kappa shape index (κ2) is 7.72. The van der Waals surface area contributed by atoms with Gasteiger partial charge in [-0.1, -0.05) is 26.3 Å². The van der Waals surface area contributed by atoms with Crippen molar-refractivity contribution >= 4 is 28.1 Å². The molecule has 0 spiro atoms. The quantitative estimate of drug-likeness (QED) is 0.355. The highest BCUT2D eigenvalue weighted by atomic mass is 28.4. The molecule has 132 valence electrons. The molecular formula is C17H32O4Si2. The summed E-state index contributed by atoms with van der Waals surface area (Å²) in [7, 11) is -4.22. The summed E-state index contributed by atoms with van der Waals surface area (Å²) in [5, 5.41) is -0.409. The molecule has 0 unspecified atom stereocenters. The maximum atomic E-state index is 12.0. The number of hydrogen-bond acceptors (Lipinski definition) is 4. The topological polar surface area (TPSA) is 52.6 Å². The molecule has 0 saturated heterocycles. The summed E-state index contributed by atoms with van der Waals surface area (Å²) in [6.07, 6.45) is 0.366. The van der Waals surface area contributed by atoms with E-state index in [2.05, 4.69) is 26.3 Å². The summed E-state index contributed by atoms with van der Waals surface area (Å²) in [5.74, 6) is -0.305. The number of allylic oxidation sites excluding steroid dienone is 1. The van der Waals surface area contributed by atoms with Crippen LogP contribution in [0.5, 0.6) is 0 Å². The Morgan fingerprint density at radius 1 is 1.00 bits per heavy atom. The Kier molecular flexibility index (Phi) is 7.39. The van der Waals surface area contributed by atoms with Gasteiger partial charge in [-0.15, -0.1) is 0 Å². The molecule has 0 rings (SSSR count). The predicted octanol–water partition coefficient (Wildman–Crippen LogP) is 4.04. The van der Waals surface area contributed by atoms with Crippen LogP contribution in [-0.2, 0) is 18.8 Å². The molecule has 0 aromatic rings. The summed E-state index contributed by atoms with van der Waals surface area (Å²) in [6.45, 7) is 23.1. The Bertz CT molecular complexity index is 505. The largest absolute Gasteiger partial charge is 0.466 e. The third-order valence-electron chi connectivity index (χ3n) is 4.14. The van der Waals surface area contributed by atoms with Gasteiger partial charge >= 0.3 is 5.97 Å². The van der Waals surface area contributed by atoms with Gasteiger partial charge in [0.05, 0.1) is 6.23 Å². The number of ketones is 1. The van der Waals surface area contributed by atoms with Gasteiger partial charge in [-0.3, -0.25) is 4.79 Å². The third-order valence-corrected chi connectivity index (χ3v) is 10.8. The van der Waals surface area contributed by atoms with Gasteiger partial charge in [-0.2, -0.15) is 0 Å². The Morgan fingerprint density at radius 2 is 1.48 bits per heavy atom. The third kappa shape index (κ3) is 6.97. The second-order valence-electron chi connectivity index (χ2n) is 7.99. The molecule has 0 N–H and O–H groups in total. The molecule has 0 saturated carbocycles. The van der Waals surface area contributed by atoms with Gasteiger partial charge in [0.15, 0.2) is 14.1 Å². The monoisotopic (exact) mass is 356 g/mol. The van der Waals surface area contributed by atoms with Crippen molar-refractivity contribution in [2.45, 2.75) is 65.2 Å². The Morgan fingerprint density at radius 3 is 1.87 bits per heavy atom. The maximum absolute atomic E-state index is 12.0. The van der Waals surface area contributed by atoms with Crippen LogP contribution in [0.15, 0.2) is 24.3 Å². The SMILES string of the molecule is C=C(C)C(=O)C[Si](C)(C)OC(C)(C)[Si](C)(C)COC(=O)C(=C)C. The van der Waals surface area contributed by atoms with Gasteiger partial charge in [0.2, 0.25) is 0 Å². The van der Waals surface area contributed by atoms with Gasteiger partial charge in [-0.05, 0) is 46.4 Å². The minimum absolute atomic E-state index is 0.0608. The number of ether oxygens (including phenoxy) is 1. The highest BCUT2D eigenvalue weighted by Gasteiger charge is 2.45. The first-order chi connectivity index (χ1) is 10.1. The van der Waals surface area contributed by atoms with E-state index >= 15 is 0 Å². The molecule has 0 radical (unpaired) electrons. The summed E-state index contributed by atoms with van der Waals surface area (Å²) < 4.78 is 11.8. The van der Waals surface area contributed by atoms with Crippen LogP contribution in [0.3, 0.4) is 0 Å². The molecule has 0 aromatic heterocycles. The molecule has 0 aromatic carbocycles. The van der Waals surface area contributed by atoms with Crippen molar-refractivity contribution in [2.75, 3.05) is 6.23 Å². The van der Waals surface area contributed by atoms with Crippen molar-refractivity contribution in [2.24, 2.45) is 0 Å². The first-order valence-corrected chi connectivity index (χ1v) is 14.1. The van der Waals surface area contributed by atoms with Gasteiger partial charge in [0, 0.05) is 16.8 Å². The summed E-state index contributed by atoms with van der Waals surface area (Å²) in [6, 6.07) is 0.418. The number of carbonyl (C=O) groups excluding carboxylic acids is 2. The van der Waals surface area contributed by atoms with E-state index in [4.69, 9.17) is 9.16 Å². The predicted molar refractivity (Wildman–Crippen MR) is 101 cm³/mol. The number of rotatable bonds is 9. The van der Waals surface area contributed by atoms with E-state index in [9.17, 15) is 9.59 Å². The van der Waals surface area contributed by atoms with E-state index in [1.165, 1.54) is 0 Å². The van der Waals surface area contributed by atoms with Crippen molar-refractivity contribution < 1.29 is 18.8 Å². The molecule has 6 heteroatoms. The second-order valence-corrected chi connectivity index (χ2v) is 17.3. The van der Waals surface area contributed by atoms with Crippen LogP contribution in [-0.4, -0.2) is 39.6 Å². The molecule has 0 atom stereocenters. The van der Waals surface area contributed by atoms with E-state index < -0.39 is 21.6 Å². The smallest absolute Gasteiger partial charge is 0.332 e. The number of Topliss-reactive ketones (excluding diaryl/α,β-unsaturated/α-hetero) is 1. The molecule has 0 aliphatic rings. The van der Waals surface area contributed by atoms with Gasteiger partial charge in [0.1, 0.15) is 8.07 Å². The van der Waals surface area contributed by atoms with Crippen LogP contribution in [0.1, 0.15) is 27.7 Å². The molecular weight excluding hydrogens is 324 g/mol. The average molecular weight is 357 g/mol. The van der Waals surface area contributed by atoms with Gasteiger partial charge in [0.25, 0.3) is 0 Å². The molecule has 0 aliphatic heterocycles. The Balaban J connectivity index is 5.00. The fourth-order valence-electron chi connectivity index (χ4n) is 1.95. The number of esters is 1. The summed E-state index contributed by atoms with van der Waals surface area (Å²) >= 11 is 0. The number of carbonyl (C=O) groups is 2. The van der Waals surface area contributed by atoms with Crippen molar-refractivity contribution in [1.29, 1.82) is 0 Å². The normalized spacial score (nSPS) is 12.7. The Labute approximate surface area is 143 Å². The van der Waals surface area contributed by atoms with Crippen molar-refractivity contribution in [3.8, 4) is 0 Å². The zero-order chi connectivity index (χ0) is 18.6. The van der Waals surface area contributed by atoms with Crippen LogP contribution >= 0.6 is 0 Å². The molecule has 4 nitrogen and oxygen atoms in total. The molecule has 0 heterocycles. The average Bonchev–Trinajstić information content (AvgIpc) is 2.33. The minimum Gasteiger partial charge on any atom is -0.466 e. The van der Waals surface area contributed by atoms with Crippen LogP contribution in [0.4, 0.5) is 0 Å². The highest BCUT2D eigenvalue weighted by Crippen LogP contribution is 2.30. The summed E-state index contributed by atoms with van der Waals surface area (Å²) in [5.41, 5.74) is 0.967. The highest BCUT2D eigenvalue weighted by molar-refractivity contribution is 6.82. The zero-order valence-corrected chi connectivity index (χ0v) is 18.0. The maximum Gasteiger partial charge on any atom is 0.332 e. The zero-order valence-electron chi connectivity index (χ0n) is 16.0. The van der Waals surface area contributed by atoms with Crippen molar-refractivity contribution in [3.63, 3.8) is 0 Å². The first-order valence-electron chi connectivity index (χ1n) is 7.83. The fourth-order valence-corrected chi connectivity index (χ4v) is 7.25. The molecule has 0 amide bonds. The fraction of sp³-hybridized carbons (Fsp3) is 0.647. The van der Waals surface area contributed by atoms with E-state index in [0.29, 0.717) is 23.4 Å². The van der Waals surface area contributed by atoms with Crippen LogP contribution in [0.2, 0.25) is 32.2 Å². The van der Waals surface area contributed by atoms with Crippen LogP contribution in [0.25, 0.3) is 0 Å². The number of hydrogen-bond donors (Lipinski definition) is 0. The van der Waals surface area contributed by atoms with Crippen LogP contribution < -0.4 is 0 Å². The van der Waals surface area contributed by atoms with Crippen molar-refractivity contribution in [1.82, 2.24) is 0 Å². The van der Waals surface area contributed by atoms with E-state index in [0.717, 1.165) is 0 Å². The molecule has 23 heavy (non-hydrogen) atoms. The summed E-state index contributed by atoms with van der Waals surface area (Å²) in [4.78, 5) is 23.6. The van der Waals surface area contributed by atoms with E-state index in [1.54, 1.807) is 13.8 Å². The van der Waals surface area contributed by atoms with Gasteiger partial charge < -0.3 is 9.16 Å². The van der Waals surface area contributed by atoms with E-state index in [-0.39, 0.29) is 11.8 Å². The van der Waals surface area contributed by atoms with E-state index in [1.807, 2.05) is 26.9 Å². The lowest BCUT2D eigenvalue weighted by molar-refractivity contribution is -0.137. The van der Waals surface area contributed by atoms with Crippen molar-refractivity contribution in [3.05, 3.63) is 24.3 Å². The standard InChI is InChI=1S/C17H32O4Si2/c1-13(2)15(18)11-23(9,10)21-17(5,6)22(7,8)12-20-16(19)14(3)4/h1,3,11-12H2,2,4-10H3. The minimum atomic E-state index is -2.19. The molecule has 0 fully saturated rings.